The zero-order chi connectivity index (χ0) is 9.80. The summed E-state index contributed by atoms with van der Waals surface area (Å²) >= 11 is 1.91. The summed E-state index contributed by atoms with van der Waals surface area (Å²) in [5, 5.41) is 5.78. The molecule has 1 N–H and O–H groups in total. The Morgan fingerprint density at radius 2 is 2.57 bits per heavy atom. The largest absolute Gasteiger partial charge is 0.314 e. The van der Waals surface area contributed by atoms with Crippen molar-refractivity contribution in [3.63, 3.8) is 0 Å². The summed E-state index contributed by atoms with van der Waals surface area (Å²) in [5.41, 5.74) is 0. The summed E-state index contributed by atoms with van der Waals surface area (Å²) in [6.07, 6.45) is 5.35. The first-order chi connectivity index (χ1) is 6.90. The molecule has 1 saturated heterocycles. The van der Waals surface area contributed by atoms with Crippen molar-refractivity contribution in [2.75, 3.05) is 6.54 Å². The van der Waals surface area contributed by atoms with Crippen LogP contribution in [-0.4, -0.2) is 12.6 Å². The van der Waals surface area contributed by atoms with Gasteiger partial charge in [-0.2, -0.15) is 0 Å². The maximum absolute atomic E-state index is 3.59. The molecule has 0 radical (unpaired) electrons. The second kappa shape index (κ2) is 4.94. The van der Waals surface area contributed by atoms with E-state index in [1.165, 1.54) is 32.2 Å². The highest BCUT2D eigenvalue weighted by atomic mass is 32.1. The van der Waals surface area contributed by atoms with Crippen LogP contribution in [0.3, 0.4) is 0 Å². The topological polar surface area (TPSA) is 12.0 Å². The summed E-state index contributed by atoms with van der Waals surface area (Å²) in [7, 11) is 0. The van der Waals surface area contributed by atoms with Crippen molar-refractivity contribution in [2.24, 2.45) is 0 Å². The van der Waals surface area contributed by atoms with E-state index in [1.54, 1.807) is 4.88 Å². The van der Waals surface area contributed by atoms with Gasteiger partial charge in [0.1, 0.15) is 0 Å². The highest BCUT2D eigenvalue weighted by Crippen LogP contribution is 2.30. The molecule has 1 nitrogen and oxygen atoms in total. The molecule has 2 heteroatoms. The van der Waals surface area contributed by atoms with Gasteiger partial charge in [0.05, 0.1) is 0 Å². The molecule has 0 saturated carbocycles. The van der Waals surface area contributed by atoms with Gasteiger partial charge >= 0.3 is 0 Å². The van der Waals surface area contributed by atoms with Crippen LogP contribution in [0.5, 0.6) is 0 Å². The van der Waals surface area contributed by atoms with E-state index in [9.17, 15) is 0 Å². The third-order valence-electron chi connectivity index (χ3n) is 3.17. The van der Waals surface area contributed by atoms with Gasteiger partial charge < -0.3 is 5.32 Å². The minimum Gasteiger partial charge on any atom is -0.314 e. The molecule has 78 valence electrons. The Balaban J connectivity index is 1.93. The van der Waals surface area contributed by atoms with Crippen LogP contribution >= 0.6 is 11.3 Å². The van der Waals surface area contributed by atoms with Gasteiger partial charge in [-0.1, -0.05) is 13.0 Å². The summed E-state index contributed by atoms with van der Waals surface area (Å²) in [6.45, 7) is 3.53. The minimum atomic E-state index is 0.780. The molecule has 1 aromatic rings. The van der Waals surface area contributed by atoms with Gasteiger partial charge in [-0.25, -0.2) is 0 Å². The van der Waals surface area contributed by atoms with Gasteiger partial charge in [0.15, 0.2) is 0 Å². The fraction of sp³-hybridized carbons (Fsp3) is 0.667. The number of thiophene rings is 1. The van der Waals surface area contributed by atoms with Gasteiger partial charge in [0, 0.05) is 10.9 Å². The van der Waals surface area contributed by atoms with Crippen molar-refractivity contribution >= 4 is 11.3 Å². The zero-order valence-electron chi connectivity index (χ0n) is 8.83. The summed E-state index contributed by atoms with van der Waals surface area (Å²) in [5.74, 6) is 0.783. The molecule has 2 heterocycles. The van der Waals surface area contributed by atoms with E-state index in [1.807, 2.05) is 11.3 Å². The van der Waals surface area contributed by atoms with E-state index in [-0.39, 0.29) is 0 Å². The number of hydrogen-bond acceptors (Lipinski definition) is 2. The summed E-state index contributed by atoms with van der Waals surface area (Å²) in [6, 6.07) is 5.24. The maximum atomic E-state index is 3.59. The third kappa shape index (κ3) is 2.37. The lowest BCUT2D eigenvalue weighted by Gasteiger charge is -2.18. The van der Waals surface area contributed by atoms with Crippen LogP contribution in [0.2, 0.25) is 0 Å². The quantitative estimate of drug-likeness (QED) is 0.801. The molecule has 0 aromatic carbocycles. The minimum absolute atomic E-state index is 0.780. The molecule has 0 amide bonds. The van der Waals surface area contributed by atoms with E-state index >= 15 is 0 Å². The normalized spacial score (nSPS) is 23.9. The second-order valence-corrected chi connectivity index (χ2v) is 5.13. The van der Waals surface area contributed by atoms with Crippen molar-refractivity contribution in [3.05, 3.63) is 22.4 Å². The first kappa shape index (κ1) is 10.2. The van der Waals surface area contributed by atoms with E-state index in [4.69, 9.17) is 0 Å². The van der Waals surface area contributed by atoms with Crippen LogP contribution in [0.15, 0.2) is 17.5 Å². The van der Waals surface area contributed by atoms with E-state index in [0.717, 1.165) is 12.0 Å². The van der Waals surface area contributed by atoms with Crippen molar-refractivity contribution in [3.8, 4) is 0 Å². The van der Waals surface area contributed by atoms with Crippen LogP contribution in [-0.2, 0) is 0 Å². The molecule has 2 atom stereocenters. The lowest BCUT2D eigenvalue weighted by atomic mass is 9.95. The van der Waals surface area contributed by atoms with Crippen molar-refractivity contribution in [1.29, 1.82) is 0 Å². The Labute approximate surface area is 90.5 Å². The molecule has 2 rings (SSSR count). The first-order valence-corrected chi connectivity index (χ1v) is 6.55. The zero-order valence-corrected chi connectivity index (χ0v) is 9.65. The molecule has 0 bridgehead atoms. The van der Waals surface area contributed by atoms with Crippen LogP contribution in [0.25, 0.3) is 0 Å². The molecule has 2 unspecified atom stereocenters. The Hall–Kier alpha value is -0.340. The maximum Gasteiger partial charge on any atom is 0.00766 e. The van der Waals surface area contributed by atoms with E-state index in [2.05, 4.69) is 29.8 Å². The monoisotopic (exact) mass is 209 g/mol. The fourth-order valence-corrected chi connectivity index (χ4v) is 3.24. The van der Waals surface area contributed by atoms with Gasteiger partial charge in [-0.15, -0.1) is 11.3 Å². The number of rotatable bonds is 4. The van der Waals surface area contributed by atoms with Gasteiger partial charge in [-0.05, 0) is 49.6 Å². The first-order valence-electron chi connectivity index (χ1n) is 5.67. The van der Waals surface area contributed by atoms with E-state index < -0.39 is 0 Å². The molecule has 1 aliphatic heterocycles. The molecule has 0 spiro atoms. The van der Waals surface area contributed by atoms with Gasteiger partial charge in [0.2, 0.25) is 0 Å². The van der Waals surface area contributed by atoms with Crippen molar-refractivity contribution in [2.45, 2.75) is 44.6 Å². The summed E-state index contributed by atoms with van der Waals surface area (Å²) in [4.78, 5) is 1.57. The Morgan fingerprint density at radius 3 is 3.14 bits per heavy atom. The number of hydrogen-bond donors (Lipinski definition) is 1. The molecule has 1 aliphatic rings. The SMILES string of the molecule is CCC(CC1CCCN1)c1cccs1. The molecular formula is C12H19NS. The van der Waals surface area contributed by atoms with Crippen molar-refractivity contribution in [1.82, 2.24) is 5.32 Å². The molecular weight excluding hydrogens is 190 g/mol. The second-order valence-electron chi connectivity index (χ2n) is 4.15. The van der Waals surface area contributed by atoms with Crippen LogP contribution in [0.4, 0.5) is 0 Å². The highest BCUT2D eigenvalue weighted by Gasteiger charge is 2.19. The lowest BCUT2D eigenvalue weighted by Crippen LogP contribution is -2.23. The predicted molar refractivity (Wildman–Crippen MR) is 63.0 cm³/mol. The van der Waals surface area contributed by atoms with Crippen molar-refractivity contribution < 1.29 is 0 Å². The molecule has 1 aromatic heterocycles. The average molecular weight is 209 g/mol. The van der Waals surface area contributed by atoms with Gasteiger partial charge in [-0.3, -0.25) is 0 Å². The van der Waals surface area contributed by atoms with Crippen LogP contribution in [0.1, 0.15) is 43.4 Å². The molecule has 0 aliphatic carbocycles. The van der Waals surface area contributed by atoms with E-state index in [0.29, 0.717) is 0 Å². The summed E-state index contributed by atoms with van der Waals surface area (Å²) < 4.78 is 0. The lowest BCUT2D eigenvalue weighted by molar-refractivity contribution is 0.486. The highest BCUT2D eigenvalue weighted by molar-refractivity contribution is 7.10. The van der Waals surface area contributed by atoms with Crippen LogP contribution < -0.4 is 5.32 Å². The molecule has 14 heavy (non-hydrogen) atoms. The smallest absolute Gasteiger partial charge is 0.00766 e. The Morgan fingerprint density at radius 1 is 1.64 bits per heavy atom. The predicted octanol–water partition coefficient (Wildman–Crippen LogP) is 3.38. The molecule has 1 fully saturated rings. The fourth-order valence-electron chi connectivity index (χ4n) is 2.31. The third-order valence-corrected chi connectivity index (χ3v) is 4.20. The van der Waals surface area contributed by atoms with Crippen LogP contribution in [0, 0.1) is 0 Å². The van der Waals surface area contributed by atoms with Gasteiger partial charge in [0.25, 0.3) is 0 Å². The Kier molecular flexibility index (Phi) is 3.60. The standard InChI is InChI=1S/C12H19NS/c1-2-10(12-6-4-8-14-12)9-11-5-3-7-13-11/h4,6,8,10-11,13H,2-3,5,7,9H2,1H3. The average Bonchev–Trinajstić information content (AvgIpc) is 2.86. The Bertz CT molecular complexity index is 249. The number of nitrogens with one attached hydrogen (secondary N) is 1.